The Labute approximate surface area is 268 Å². The summed E-state index contributed by atoms with van der Waals surface area (Å²) in [5.74, 6) is 2.64. The van der Waals surface area contributed by atoms with Crippen LogP contribution in [0.1, 0.15) is 103 Å². The molecule has 1 N–H and O–H groups in total. The first-order valence-electron chi connectivity index (χ1n) is 16.9. The van der Waals surface area contributed by atoms with Gasteiger partial charge in [0.1, 0.15) is 11.4 Å². The molecule has 7 rings (SSSR count). The average Bonchev–Trinajstić information content (AvgIpc) is 3.01. The highest BCUT2D eigenvalue weighted by atomic mass is 16.8. The maximum absolute atomic E-state index is 13.0. The standard InChI is InChI=1S/C38H49NO6/c1-25(36(41)44-37(2,3)4)30-12-15-32(33(21-30)38-22-26-18-27(23-38)20-28(19-26)24-38)29-10-13-31(14-11-29)42-17-7-8-34(40)39-45-35-9-5-6-16-43-35/h10-15,21,26-28,35H,1,5-9,16-20,22-24H2,2-4H3,(H,39,40). The molecule has 7 heteroatoms. The van der Waals surface area contributed by atoms with E-state index in [4.69, 9.17) is 19.0 Å². The lowest BCUT2D eigenvalue weighted by molar-refractivity contribution is -0.200. The van der Waals surface area contributed by atoms with E-state index < -0.39 is 5.60 Å². The van der Waals surface area contributed by atoms with Gasteiger partial charge >= 0.3 is 5.97 Å². The van der Waals surface area contributed by atoms with Crippen molar-refractivity contribution < 1.29 is 28.6 Å². The van der Waals surface area contributed by atoms with Gasteiger partial charge in [0.15, 0.2) is 6.29 Å². The van der Waals surface area contributed by atoms with Crippen LogP contribution in [0, 0.1) is 17.8 Å². The molecular weight excluding hydrogens is 566 g/mol. The van der Waals surface area contributed by atoms with Crippen molar-refractivity contribution in [3.8, 4) is 16.9 Å². The predicted molar refractivity (Wildman–Crippen MR) is 174 cm³/mol. The molecule has 0 aromatic heterocycles. The first-order valence-corrected chi connectivity index (χ1v) is 16.9. The van der Waals surface area contributed by atoms with Crippen LogP contribution in [0.2, 0.25) is 0 Å². The highest BCUT2D eigenvalue weighted by molar-refractivity contribution is 6.15. The van der Waals surface area contributed by atoms with Crippen LogP contribution in [-0.2, 0) is 29.3 Å². The van der Waals surface area contributed by atoms with E-state index in [2.05, 4.69) is 36.3 Å². The van der Waals surface area contributed by atoms with E-state index in [1.807, 2.05) is 39.0 Å². The highest BCUT2D eigenvalue weighted by Gasteiger charge is 2.52. The lowest BCUT2D eigenvalue weighted by atomic mass is 9.47. The molecule has 45 heavy (non-hydrogen) atoms. The number of ether oxygens (including phenoxy) is 3. The van der Waals surface area contributed by atoms with E-state index in [0.29, 0.717) is 31.6 Å². The number of nitrogens with one attached hydrogen (secondary N) is 1. The molecule has 1 atom stereocenters. The minimum Gasteiger partial charge on any atom is -0.494 e. The Morgan fingerprint density at radius 1 is 0.978 bits per heavy atom. The Morgan fingerprint density at radius 2 is 1.67 bits per heavy atom. The van der Waals surface area contributed by atoms with Crippen molar-refractivity contribution in [3.63, 3.8) is 0 Å². The minimum absolute atomic E-state index is 0.136. The quantitative estimate of drug-likeness (QED) is 0.120. The molecule has 0 radical (unpaired) electrons. The largest absolute Gasteiger partial charge is 0.494 e. The van der Waals surface area contributed by atoms with Gasteiger partial charge in [-0.05, 0) is 142 Å². The van der Waals surface area contributed by atoms with Crippen molar-refractivity contribution in [1.29, 1.82) is 0 Å². The molecule has 242 valence electrons. The molecule has 5 aliphatic rings. The summed E-state index contributed by atoms with van der Waals surface area (Å²) in [7, 11) is 0. The van der Waals surface area contributed by atoms with Crippen LogP contribution in [0.5, 0.6) is 5.75 Å². The summed E-state index contributed by atoms with van der Waals surface area (Å²) >= 11 is 0. The van der Waals surface area contributed by atoms with Gasteiger partial charge in [0, 0.05) is 19.4 Å². The third-order valence-corrected chi connectivity index (χ3v) is 10.0. The lowest BCUT2D eigenvalue weighted by Crippen LogP contribution is -2.48. The molecule has 5 fully saturated rings. The summed E-state index contributed by atoms with van der Waals surface area (Å²) < 4.78 is 17.1. The molecule has 4 aliphatic carbocycles. The second-order valence-electron chi connectivity index (χ2n) is 14.9. The molecule has 4 bridgehead atoms. The van der Waals surface area contributed by atoms with Crippen LogP contribution in [0.25, 0.3) is 16.7 Å². The van der Waals surface area contributed by atoms with Gasteiger partial charge in [0.05, 0.1) is 12.2 Å². The number of rotatable bonds is 11. The second kappa shape index (κ2) is 13.3. The van der Waals surface area contributed by atoms with E-state index in [9.17, 15) is 9.59 Å². The second-order valence-corrected chi connectivity index (χ2v) is 14.9. The van der Waals surface area contributed by atoms with Crippen molar-refractivity contribution >= 4 is 17.4 Å². The third kappa shape index (κ3) is 7.63. The van der Waals surface area contributed by atoms with Gasteiger partial charge in [-0.2, -0.15) is 0 Å². The monoisotopic (exact) mass is 615 g/mol. The maximum atomic E-state index is 13.0. The molecule has 1 heterocycles. The van der Waals surface area contributed by atoms with Crippen LogP contribution in [0.4, 0.5) is 0 Å². The van der Waals surface area contributed by atoms with Crippen LogP contribution in [0.15, 0.2) is 49.0 Å². The molecule has 1 unspecified atom stereocenters. The summed E-state index contributed by atoms with van der Waals surface area (Å²) in [4.78, 5) is 30.5. The Bertz CT molecular complexity index is 1350. The first kappa shape index (κ1) is 31.8. The van der Waals surface area contributed by atoms with Crippen molar-refractivity contribution in [2.24, 2.45) is 17.8 Å². The molecule has 4 saturated carbocycles. The summed E-state index contributed by atoms with van der Waals surface area (Å²) in [5, 5.41) is 0. The normalized spacial score (nSPS) is 27.2. The van der Waals surface area contributed by atoms with Crippen LogP contribution in [0.3, 0.4) is 0 Å². The van der Waals surface area contributed by atoms with Gasteiger partial charge in [0.25, 0.3) is 0 Å². The zero-order valence-corrected chi connectivity index (χ0v) is 27.2. The number of hydrogen-bond acceptors (Lipinski definition) is 6. The first-order chi connectivity index (χ1) is 21.6. The summed E-state index contributed by atoms with van der Waals surface area (Å²) in [5.41, 5.74) is 7.05. The van der Waals surface area contributed by atoms with Crippen molar-refractivity contribution in [3.05, 3.63) is 60.2 Å². The Morgan fingerprint density at radius 3 is 2.29 bits per heavy atom. The number of benzene rings is 2. The number of carbonyl (C=O) groups is 2. The maximum Gasteiger partial charge on any atom is 0.338 e. The van der Waals surface area contributed by atoms with Gasteiger partial charge in [0.2, 0.25) is 5.91 Å². The smallest absolute Gasteiger partial charge is 0.338 e. The van der Waals surface area contributed by atoms with Gasteiger partial charge < -0.3 is 14.2 Å². The van der Waals surface area contributed by atoms with E-state index in [1.165, 1.54) is 49.7 Å². The number of amides is 1. The molecule has 7 nitrogen and oxygen atoms in total. The van der Waals surface area contributed by atoms with Crippen molar-refractivity contribution in [1.82, 2.24) is 5.48 Å². The number of hydrogen-bond donors (Lipinski definition) is 1. The van der Waals surface area contributed by atoms with E-state index >= 15 is 0 Å². The van der Waals surface area contributed by atoms with Crippen LogP contribution < -0.4 is 10.2 Å². The molecule has 2 aromatic rings. The fourth-order valence-corrected chi connectivity index (χ4v) is 8.46. The zero-order valence-electron chi connectivity index (χ0n) is 27.2. The van der Waals surface area contributed by atoms with E-state index in [1.54, 1.807) is 0 Å². The van der Waals surface area contributed by atoms with Crippen molar-refractivity contribution in [2.75, 3.05) is 13.2 Å². The van der Waals surface area contributed by atoms with Crippen molar-refractivity contribution in [2.45, 2.75) is 109 Å². The van der Waals surface area contributed by atoms with Gasteiger partial charge in [-0.25, -0.2) is 15.1 Å². The average molecular weight is 616 g/mol. The fourth-order valence-electron chi connectivity index (χ4n) is 8.46. The van der Waals surface area contributed by atoms with E-state index in [-0.39, 0.29) is 23.6 Å². The number of hydroxylamine groups is 1. The Kier molecular flexibility index (Phi) is 9.39. The minimum atomic E-state index is -0.572. The van der Waals surface area contributed by atoms with Crippen LogP contribution in [-0.4, -0.2) is 37.0 Å². The van der Waals surface area contributed by atoms with Gasteiger partial charge in [-0.1, -0.05) is 30.8 Å². The molecule has 0 spiro atoms. The Hall–Kier alpha value is -3.16. The topological polar surface area (TPSA) is 83.1 Å². The van der Waals surface area contributed by atoms with Crippen LogP contribution >= 0.6 is 0 Å². The van der Waals surface area contributed by atoms with Gasteiger partial charge in [-0.3, -0.25) is 4.79 Å². The zero-order chi connectivity index (χ0) is 31.6. The Balaban J connectivity index is 1.14. The lowest BCUT2D eigenvalue weighted by Gasteiger charge is -2.57. The molecule has 1 aliphatic heterocycles. The summed E-state index contributed by atoms with van der Waals surface area (Å²) in [6.07, 6.45) is 11.2. The van der Waals surface area contributed by atoms with E-state index in [0.717, 1.165) is 53.9 Å². The molecular formula is C38H49NO6. The molecule has 1 amide bonds. The predicted octanol–water partition coefficient (Wildman–Crippen LogP) is 7.91. The fraction of sp³-hybridized carbons (Fsp3) is 0.579. The van der Waals surface area contributed by atoms with Gasteiger partial charge in [-0.15, -0.1) is 0 Å². The SMILES string of the molecule is C=C(C(=O)OC(C)(C)C)c1ccc(-c2ccc(OCCCC(=O)NOC3CCCCO3)cc2)c(C23CC4CC(CC(C4)C2)C3)c1. The third-order valence-electron chi connectivity index (χ3n) is 10.0. The summed E-state index contributed by atoms with van der Waals surface area (Å²) in [6.45, 7) is 10.9. The number of carbonyl (C=O) groups excluding carboxylic acids is 2. The highest BCUT2D eigenvalue weighted by Crippen LogP contribution is 2.62. The summed E-state index contributed by atoms with van der Waals surface area (Å²) in [6, 6.07) is 14.7. The number of esters is 1. The molecule has 2 aromatic carbocycles. The molecule has 1 saturated heterocycles.